The molecule has 3 nitrogen and oxygen atoms in total. The second-order valence-corrected chi connectivity index (χ2v) is 7.05. The van der Waals surface area contributed by atoms with Crippen LogP contribution in [0.1, 0.15) is 72.1 Å². The number of carboxylic acids is 1. The number of carbonyl (C=O) groups is 1. The Morgan fingerprint density at radius 3 is 2.28 bits per heavy atom. The first-order valence-electron chi connectivity index (χ1n) is 9.43. The topological polar surface area (TPSA) is 57.5 Å². The smallest absolute Gasteiger partial charge is 0.303 e. The molecular weight excluding hydrogens is 312 g/mol. The first-order valence-corrected chi connectivity index (χ1v) is 9.43. The van der Waals surface area contributed by atoms with Gasteiger partial charge < -0.3 is 10.2 Å². The summed E-state index contributed by atoms with van der Waals surface area (Å²) in [4.78, 5) is 10.3. The molecule has 0 radical (unpaired) electrons. The highest BCUT2D eigenvalue weighted by atomic mass is 16.4. The van der Waals surface area contributed by atoms with Crippen LogP contribution in [-0.4, -0.2) is 22.3 Å². The SMILES string of the molecule is CCCCC(C)(C)C(O)C=CC=CCC=CCC=CCCCC(=O)O. The summed E-state index contributed by atoms with van der Waals surface area (Å²) in [5.74, 6) is -0.730. The second-order valence-electron chi connectivity index (χ2n) is 7.05. The molecule has 0 heterocycles. The van der Waals surface area contributed by atoms with Crippen molar-refractivity contribution < 1.29 is 15.0 Å². The number of aliphatic hydroxyl groups excluding tert-OH is 1. The molecule has 0 aromatic carbocycles. The molecule has 142 valence electrons. The molecule has 1 atom stereocenters. The van der Waals surface area contributed by atoms with Gasteiger partial charge in [-0.05, 0) is 37.5 Å². The van der Waals surface area contributed by atoms with Crippen LogP contribution in [0.25, 0.3) is 0 Å². The molecule has 0 saturated carbocycles. The molecule has 0 fully saturated rings. The lowest BCUT2D eigenvalue weighted by Gasteiger charge is -2.28. The van der Waals surface area contributed by atoms with Crippen LogP contribution in [0.5, 0.6) is 0 Å². The summed E-state index contributed by atoms with van der Waals surface area (Å²) in [7, 11) is 0. The van der Waals surface area contributed by atoms with Gasteiger partial charge in [0.25, 0.3) is 0 Å². The Kier molecular flexibility index (Phi) is 13.8. The third kappa shape index (κ3) is 14.4. The molecule has 0 aromatic heterocycles. The lowest BCUT2D eigenvalue weighted by atomic mass is 9.81. The zero-order valence-corrected chi connectivity index (χ0v) is 16.2. The Morgan fingerprint density at radius 2 is 1.64 bits per heavy atom. The molecule has 3 heteroatoms. The Balaban J connectivity index is 3.86. The van der Waals surface area contributed by atoms with E-state index in [2.05, 4.69) is 45.1 Å². The van der Waals surface area contributed by atoms with Crippen LogP contribution in [0.3, 0.4) is 0 Å². The van der Waals surface area contributed by atoms with Gasteiger partial charge in [-0.2, -0.15) is 0 Å². The van der Waals surface area contributed by atoms with Crippen molar-refractivity contribution in [3.8, 4) is 0 Å². The second kappa shape index (κ2) is 14.7. The number of rotatable bonds is 14. The predicted octanol–water partition coefficient (Wildman–Crippen LogP) is 5.82. The first-order chi connectivity index (χ1) is 11.9. The summed E-state index contributed by atoms with van der Waals surface area (Å²) in [6.07, 6.45) is 22.6. The standard InChI is InChI=1S/C22H36O3/c1-4-5-19-22(2,3)20(23)17-15-13-11-9-7-6-8-10-12-14-16-18-21(24)25/h6-7,10-13,15,17,20,23H,4-5,8-9,14,16,18-19H2,1-3H3,(H,24,25). The Labute approximate surface area is 153 Å². The summed E-state index contributed by atoms with van der Waals surface area (Å²) in [6.45, 7) is 6.39. The Bertz CT molecular complexity index is 456. The zero-order valence-electron chi connectivity index (χ0n) is 16.2. The lowest BCUT2D eigenvalue weighted by Crippen LogP contribution is -2.27. The van der Waals surface area contributed by atoms with Gasteiger partial charge in [0.2, 0.25) is 0 Å². The maximum atomic E-state index is 10.3. The first kappa shape index (κ1) is 23.4. The highest BCUT2D eigenvalue weighted by Gasteiger charge is 2.24. The van der Waals surface area contributed by atoms with Gasteiger partial charge in [0.05, 0.1) is 6.10 Å². The van der Waals surface area contributed by atoms with Crippen LogP contribution >= 0.6 is 0 Å². The number of hydrogen-bond donors (Lipinski definition) is 2. The van der Waals surface area contributed by atoms with E-state index in [1.54, 1.807) is 0 Å². The highest BCUT2D eigenvalue weighted by molar-refractivity contribution is 5.66. The summed E-state index contributed by atoms with van der Waals surface area (Å²) in [6, 6.07) is 0. The van der Waals surface area contributed by atoms with Crippen LogP contribution in [0.15, 0.2) is 48.6 Å². The van der Waals surface area contributed by atoms with Crippen LogP contribution in [0.2, 0.25) is 0 Å². The minimum absolute atomic E-state index is 0.0724. The maximum Gasteiger partial charge on any atom is 0.303 e. The number of unbranched alkanes of at least 4 members (excludes halogenated alkanes) is 2. The van der Waals surface area contributed by atoms with Gasteiger partial charge in [-0.15, -0.1) is 0 Å². The molecule has 0 rings (SSSR count). The van der Waals surface area contributed by atoms with Crippen molar-refractivity contribution in [2.45, 2.75) is 78.2 Å². The molecule has 1 unspecified atom stereocenters. The van der Waals surface area contributed by atoms with E-state index in [9.17, 15) is 9.90 Å². The molecule has 0 aliphatic heterocycles. The van der Waals surface area contributed by atoms with Crippen molar-refractivity contribution in [2.75, 3.05) is 0 Å². The van der Waals surface area contributed by atoms with Gasteiger partial charge in [-0.1, -0.05) is 82.2 Å². The number of carboxylic acid groups (broad SMARTS) is 1. The van der Waals surface area contributed by atoms with Crippen LogP contribution in [-0.2, 0) is 4.79 Å². The fourth-order valence-electron chi connectivity index (χ4n) is 2.30. The molecule has 0 aliphatic rings. The summed E-state index contributed by atoms with van der Waals surface area (Å²) >= 11 is 0. The number of aliphatic carboxylic acids is 1. The quantitative estimate of drug-likeness (QED) is 0.236. The van der Waals surface area contributed by atoms with E-state index in [-0.39, 0.29) is 11.8 Å². The highest BCUT2D eigenvalue weighted by Crippen LogP contribution is 2.28. The molecule has 0 aliphatic carbocycles. The number of allylic oxidation sites excluding steroid dienone is 7. The van der Waals surface area contributed by atoms with Gasteiger partial charge in [-0.3, -0.25) is 4.79 Å². The fourth-order valence-corrected chi connectivity index (χ4v) is 2.30. The monoisotopic (exact) mass is 348 g/mol. The molecule has 0 spiro atoms. The minimum atomic E-state index is -0.730. The van der Waals surface area contributed by atoms with Crippen molar-refractivity contribution in [3.63, 3.8) is 0 Å². The maximum absolute atomic E-state index is 10.3. The third-order valence-electron chi connectivity index (χ3n) is 4.16. The van der Waals surface area contributed by atoms with Crippen molar-refractivity contribution in [3.05, 3.63) is 48.6 Å². The van der Waals surface area contributed by atoms with E-state index < -0.39 is 12.1 Å². The molecule has 2 N–H and O–H groups in total. The summed E-state index contributed by atoms with van der Waals surface area (Å²) in [5, 5.41) is 18.7. The van der Waals surface area contributed by atoms with E-state index in [0.717, 1.165) is 38.5 Å². The average Bonchev–Trinajstić information content (AvgIpc) is 2.56. The van der Waals surface area contributed by atoms with E-state index >= 15 is 0 Å². The Morgan fingerprint density at radius 1 is 1.00 bits per heavy atom. The van der Waals surface area contributed by atoms with E-state index in [0.29, 0.717) is 6.42 Å². The molecule has 0 amide bonds. The van der Waals surface area contributed by atoms with Crippen LogP contribution in [0.4, 0.5) is 0 Å². The van der Waals surface area contributed by atoms with Crippen molar-refractivity contribution in [1.29, 1.82) is 0 Å². The van der Waals surface area contributed by atoms with Crippen molar-refractivity contribution in [1.82, 2.24) is 0 Å². The zero-order chi connectivity index (χ0) is 19.0. The Hall–Kier alpha value is -1.61. The van der Waals surface area contributed by atoms with Gasteiger partial charge in [0.1, 0.15) is 0 Å². The van der Waals surface area contributed by atoms with Crippen LogP contribution in [0, 0.1) is 5.41 Å². The lowest BCUT2D eigenvalue weighted by molar-refractivity contribution is -0.137. The van der Waals surface area contributed by atoms with Crippen molar-refractivity contribution >= 4 is 5.97 Å². The molecule has 0 saturated heterocycles. The van der Waals surface area contributed by atoms with Gasteiger partial charge >= 0.3 is 5.97 Å². The number of aliphatic hydroxyl groups is 1. The predicted molar refractivity (Wildman–Crippen MR) is 107 cm³/mol. The molecular formula is C22H36O3. The molecule has 25 heavy (non-hydrogen) atoms. The third-order valence-corrected chi connectivity index (χ3v) is 4.16. The van der Waals surface area contributed by atoms with Gasteiger partial charge in [-0.25, -0.2) is 0 Å². The van der Waals surface area contributed by atoms with Gasteiger partial charge in [0.15, 0.2) is 0 Å². The molecule has 0 bridgehead atoms. The average molecular weight is 349 g/mol. The van der Waals surface area contributed by atoms with E-state index in [1.807, 2.05) is 24.3 Å². The summed E-state index contributed by atoms with van der Waals surface area (Å²) < 4.78 is 0. The number of hydrogen-bond acceptors (Lipinski definition) is 2. The fraction of sp³-hybridized carbons (Fsp3) is 0.591. The summed E-state index contributed by atoms with van der Waals surface area (Å²) in [5.41, 5.74) is -0.0724. The van der Waals surface area contributed by atoms with Gasteiger partial charge in [0, 0.05) is 6.42 Å². The van der Waals surface area contributed by atoms with E-state index in [1.165, 1.54) is 0 Å². The normalized spacial score (nSPS) is 14.4. The minimum Gasteiger partial charge on any atom is -0.481 e. The van der Waals surface area contributed by atoms with E-state index in [4.69, 9.17) is 5.11 Å². The largest absolute Gasteiger partial charge is 0.481 e. The van der Waals surface area contributed by atoms with Crippen LogP contribution < -0.4 is 0 Å². The van der Waals surface area contributed by atoms with Crippen molar-refractivity contribution in [2.24, 2.45) is 5.41 Å². The molecule has 0 aromatic rings.